The molecule has 4 rings (SSSR count). The zero-order chi connectivity index (χ0) is 24.8. The molecule has 0 spiro atoms. The Morgan fingerprint density at radius 1 is 1.09 bits per heavy atom. The van der Waals surface area contributed by atoms with Crippen LogP contribution in [0.3, 0.4) is 0 Å². The number of fused-ring (bicyclic) bond motifs is 1. The van der Waals surface area contributed by atoms with Gasteiger partial charge in [0.05, 0.1) is 18.7 Å². The van der Waals surface area contributed by atoms with Gasteiger partial charge in [-0.25, -0.2) is 9.97 Å². The summed E-state index contributed by atoms with van der Waals surface area (Å²) in [6.45, 7) is 1.63. The van der Waals surface area contributed by atoms with Crippen LogP contribution in [0, 0.1) is 5.41 Å². The maximum Gasteiger partial charge on any atom is 0.244 e. The predicted molar refractivity (Wildman–Crippen MR) is 133 cm³/mol. The van der Waals surface area contributed by atoms with E-state index in [-0.39, 0.29) is 30.9 Å². The number of ether oxygens (including phenoxy) is 1. The summed E-state index contributed by atoms with van der Waals surface area (Å²) >= 11 is 0. The molecule has 1 aromatic heterocycles. The van der Waals surface area contributed by atoms with E-state index in [1.54, 1.807) is 15.9 Å². The highest BCUT2D eigenvalue weighted by Gasteiger charge is 2.26. The van der Waals surface area contributed by atoms with Crippen molar-refractivity contribution in [2.45, 2.75) is 19.3 Å². The smallest absolute Gasteiger partial charge is 0.244 e. The SMILES string of the molecule is N=C(N)c1cccc(CCC(=O)N2CCN(COCCc3ccc4c(N)ncnc4c3)C(=O)C2)c1. The van der Waals surface area contributed by atoms with Crippen LogP contribution < -0.4 is 11.5 Å². The fraction of sp³-hybridized carbons (Fsp3) is 0.320. The number of carbonyl (C=O) groups is 2. The van der Waals surface area contributed by atoms with E-state index in [4.69, 9.17) is 21.6 Å². The minimum absolute atomic E-state index is 0.000813. The van der Waals surface area contributed by atoms with Crippen molar-refractivity contribution in [2.75, 3.05) is 38.7 Å². The van der Waals surface area contributed by atoms with Gasteiger partial charge in [0.1, 0.15) is 24.7 Å². The van der Waals surface area contributed by atoms with E-state index in [1.165, 1.54) is 6.33 Å². The summed E-state index contributed by atoms with van der Waals surface area (Å²) in [5.74, 6) is 0.268. The van der Waals surface area contributed by atoms with Gasteiger partial charge >= 0.3 is 0 Å². The third kappa shape index (κ3) is 6.10. The molecule has 2 amide bonds. The highest BCUT2D eigenvalue weighted by Crippen LogP contribution is 2.18. The fourth-order valence-corrected chi connectivity index (χ4v) is 4.01. The molecule has 5 N–H and O–H groups in total. The van der Waals surface area contributed by atoms with Gasteiger partial charge in [0.25, 0.3) is 0 Å². The molecule has 10 heteroatoms. The Morgan fingerprint density at radius 2 is 1.91 bits per heavy atom. The number of hydrogen-bond donors (Lipinski definition) is 3. The number of aryl methyl sites for hydroxylation is 1. The highest BCUT2D eigenvalue weighted by atomic mass is 16.5. The first-order chi connectivity index (χ1) is 16.9. The molecule has 3 aromatic rings. The molecule has 0 saturated carbocycles. The number of benzene rings is 2. The second-order valence-electron chi connectivity index (χ2n) is 8.48. The molecule has 0 unspecified atom stereocenters. The molecule has 10 nitrogen and oxygen atoms in total. The zero-order valence-corrected chi connectivity index (χ0v) is 19.4. The second kappa shape index (κ2) is 10.9. The molecule has 2 heterocycles. The number of piperazine rings is 1. The van der Waals surface area contributed by atoms with Gasteiger partial charge in [-0.2, -0.15) is 0 Å². The molecular formula is C25H29N7O3. The number of anilines is 1. The Labute approximate surface area is 203 Å². The number of nitrogens with two attached hydrogens (primary N) is 2. The van der Waals surface area contributed by atoms with Crippen molar-refractivity contribution in [3.63, 3.8) is 0 Å². The number of nitrogens with one attached hydrogen (secondary N) is 1. The topological polar surface area (TPSA) is 152 Å². The summed E-state index contributed by atoms with van der Waals surface area (Å²) in [5.41, 5.74) is 14.8. The van der Waals surface area contributed by atoms with Crippen LogP contribution in [0.15, 0.2) is 48.8 Å². The van der Waals surface area contributed by atoms with E-state index in [0.717, 1.165) is 22.0 Å². The predicted octanol–water partition coefficient (Wildman–Crippen LogP) is 1.32. The maximum atomic E-state index is 12.6. The van der Waals surface area contributed by atoms with Crippen molar-refractivity contribution in [3.05, 3.63) is 65.5 Å². The number of nitrogen functional groups attached to an aromatic ring is 2. The second-order valence-corrected chi connectivity index (χ2v) is 8.48. The van der Waals surface area contributed by atoms with Crippen LogP contribution in [0.2, 0.25) is 0 Å². The van der Waals surface area contributed by atoms with Crippen LogP contribution in [-0.4, -0.2) is 70.4 Å². The van der Waals surface area contributed by atoms with Gasteiger partial charge in [0, 0.05) is 30.5 Å². The molecule has 0 radical (unpaired) electrons. The Morgan fingerprint density at radius 3 is 2.71 bits per heavy atom. The van der Waals surface area contributed by atoms with E-state index in [9.17, 15) is 9.59 Å². The lowest BCUT2D eigenvalue weighted by atomic mass is 10.1. The molecule has 1 aliphatic heterocycles. The minimum atomic E-state index is -0.124. The van der Waals surface area contributed by atoms with Crippen LogP contribution in [0.5, 0.6) is 0 Å². The summed E-state index contributed by atoms with van der Waals surface area (Å²) in [7, 11) is 0. The van der Waals surface area contributed by atoms with Crippen LogP contribution in [0.25, 0.3) is 10.9 Å². The summed E-state index contributed by atoms with van der Waals surface area (Å²) < 4.78 is 5.73. The fourth-order valence-electron chi connectivity index (χ4n) is 4.01. The van der Waals surface area contributed by atoms with Gasteiger partial charge in [-0.15, -0.1) is 0 Å². The van der Waals surface area contributed by atoms with Crippen molar-refractivity contribution < 1.29 is 14.3 Å². The lowest BCUT2D eigenvalue weighted by Gasteiger charge is -2.34. The van der Waals surface area contributed by atoms with Crippen molar-refractivity contribution in [2.24, 2.45) is 5.73 Å². The van der Waals surface area contributed by atoms with Crippen molar-refractivity contribution in [1.29, 1.82) is 5.41 Å². The zero-order valence-electron chi connectivity index (χ0n) is 19.4. The van der Waals surface area contributed by atoms with Crippen LogP contribution in [0.1, 0.15) is 23.1 Å². The standard InChI is InChI=1S/C25H29N7O3/c26-24(27)19-3-1-2-17(12-19)5-7-22(33)31-9-10-32(23(34)14-31)16-35-11-8-18-4-6-20-21(13-18)29-15-30-25(20)28/h1-4,6,12-13,15H,5,7-11,14,16H2,(H3,26,27)(H2,28,29,30). The molecule has 1 fully saturated rings. The molecule has 35 heavy (non-hydrogen) atoms. The molecule has 0 bridgehead atoms. The van der Waals surface area contributed by atoms with E-state index < -0.39 is 0 Å². The Kier molecular flexibility index (Phi) is 7.51. The van der Waals surface area contributed by atoms with Crippen LogP contribution in [-0.2, 0) is 27.2 Å². The first-order valence-electron chi connectivity index (χ1n) is 11.5. The van der Waals surface area contributed by atoms with Gasteiger partial charge in [0.2, 0.25) is 11.8 Å². The molecular weight excluding hydrogens is 446 g/mol. The lowest BCUT2D eigenvalue weighted by Crippen LogP contribution is -2.52. The summed E-state index contributed by atoms with van der Waals surface area (Å²) in [5, 5.41) is 8.35. The van der Waals surface area contributed by atoms with Crippen molar-refractivity contribution in [1.82, 2.24) is 19.8 Å². The van der Waals surface area contributed by atoms with Gasteiger partial charge in [-0.05, 0) is 42.2 Å². The van der Waals surface area contributed by atoms with E-state index in [1.807, 2.05) is 36.4 Å². The largest absolute Gasteiger partial charge is 0.384 e. The summed E-state index contributed by atoms with van der Waals surface area (Å²) in [6.07, 6.45) is 2.95. The molecule has 1 saturated heterocycles. The molecule has 182 valence electrons. The van der Waals surface area contributed by atoms with Gasteiger partial charge in [-0.3, -0.25) is 15.0 Å². The van der Waals surface area contributed by atoms with Crippen LogP contribution >= 0.6 is 0 Å². The molecule has 0 atom stereocenters. The number of aromatic nitrogens is 2. The highest BCUT2D eigenvalue weighted by molar-refractivity contribution is 5.95. The maximum absolute atomic E-state index is 12.6. The van der Waals surface area contributed by atoms with E-state index in [0.29, 0.717) is 50.3 Å². The number of rotatable bonds is 9. The van der Waals surface area contributed by atoms with Gasteiger partial charge < -0.3 is 26.0 Å². The lowest BCUT2D eigenvalue weighted by molar-refractivity contribution is -0.149. The number of nitrogens with zero attached hydrogens (tertiary/aromatic N) is 4. The molecule has 0 aliphatic carbocycles. The Bertz CT molecular complexity index is 1250. The van der Waals surface area contributed by atoms with E-state index in [2.05, 4.69) is 9.97 Å². The quantitative estimate of drug-likeness (QED) is 0.240. The first-order valence-corrected chi connectivity index (χ1v) is 11.5. The number of carbonyl (C=O) groups excluding carboxylic acids is 2. The van der Waals surface area contributed by atoms with Crippen molar-refractivity contribution in [3.8, 4) is 0 Å². The Hall–Kier alpha value is -4.05. The summed E-state index contributed by atoms with van der Waals surface area (Å²) in [6, 6.07) is 13.1. The minimum Gasteiger partial charge on any atom is -0.384 e. The average molecular weight is 476 g/mol. The third-order valence-electron chi connectivity index (χ3n) is 6.05. The third-order valence-corrected chi connectivity index (χ3v) is 6.05. The number of hydrogen-bond acceptors (Lipinski definition) is 7. The van der Waals surface area contributed by atoms with Gasteiger partial charge in [0.15, 0.2) is 0 Å². The monoisotopic (exact) mass is 475 g/mol. The van der Waals surface area contributed by atoms with Crippen LogP contribution in [0.4, 0.5) is 5.82 Å². The van der Waals surface area contributed by atoms with Crippen molar-refractivity contribution >= 4 is 34.4 Å². The molecule has 1 aliphatic rings. The normalized spacial score (nSPS) is 13.9. The average Bonchev–Trinajstić information content (AvgIpc) is 2.86. The van der Waals surface area contributed by atoms with Gasteiger partial charge in [-0.1, -0.05) is 24.3 Å². The Balaban J connectivity index is 1.19. The number of amides is 2. The first kappa shape index (κ1) is 24.1. The van der Waals surface area contributed by atoms with E-state index >= 15 is 0 Å². The number of amidine groups is 1. The summed E-state index contributed by atoms with van der Waals surface area (Å²) in [4.78, 5) is 36.6. The molecule has 2 aromatic carbocycles.